The molecule has 0 aliphatic heterocycles. The molecule has 3 nitrogen and oxygen atoms in total. The Labute approximate surface area is 103 Å². The van der Waals surface area contributed by atoms with Crippen molar-refractivity contribution in [1.82, 2.24) is 0 Å². The van der Waals surface area contributed by atoms with Gasteiger partial charge >= 0.3 is 5.97 Å². The second-order valence-electron chi connectivity index (χ2n) is 5.37. The van der Waals surface area contributed by atoms with Gasteiger partial charge in [-0.25, -0.2) is 4.79 Å². The largest absolute Gasteiger partial charge is 0.478 e. The molecule has 94 valence electrons. The van der Waals surface area contributed by atoms with Crippen molar-refractivity contribution in [1.29, 1.82) is 0 Å². The van der Waals surface area contributed by atoms with Gasteiger partial charge < -0.3 is 10.8 Å². The van der Waals surface area contributed by atoms with Crippen molar-refractivity contribution in [2.45, 2.75) is 45.6 Å². The summed E-state index contributed by atoms with van der Waals surface area (Å²) in [5, 5.41) is 9.18. The van der Waals surface area contributed by atoms with Gasteiger partial charge in [0.25, 0.3) is 0 Å². The number of hydrogen-bond donors (Lipinski definition) is 2. The summed E-state index contributed by atoms with van der Waals surface area (Å²) in [6.45, 7) is 8.05. The topological polar surface area (TPSA) is 63.3 Å². The fraction of sp³-hybridized carbons (Fsp3) is 0.500. The maximum atomic E-state index is 11.2. The Morgan fingerprint density at radius 2 is 2.00 bits per heavy atom. The molecule has 3 heteroatoms. The number of hydrogen-bond acceptors (Lipinski definition) is 2. The molecule has 0 fully saturated rings. The Bertz CT molecular complexity index is 419. The molecule has 0 heterocycles. The summed E-state index contributed by atoms with van der Waals surface area (Å²) >= 11 is 0. The van der Waals surface area contributed by atoms with Crippen LogP contribution in [0.25, 0.3) is 0 Å². The first kappa shape index (κ1) is 13.7. The van der Waals surface area contributed by atoms with Gasteiger partial charge in [-0.2, -0.15) is 0 Å². The van der Waals surface area contributed by atoms with E-state index in [0.717, 1.165) is 17.5 Å². The Morgan fingerprint density at radius 1 is 1.41 bits per heavy atom. The molecular weight excluding hydrogens is 214 g/mol. The van der Waals surface area contributed by atoms with E-state index in [4.69, 9.17) is 5.73 Å². The van der Waals surface area contributed by atoms with Gasteiger partial charge in [0.2, 0.25) is 0 Å². The van der Waals surface area contributed by atoms with Gasteiger partial charge in [0.1, 0.15) is 0 Å². The van der Waals surface area contributed by atoms with Crippen LogP contribution in [0.2, 0.25) is 0 Å². The van der Waals surface area contributed by atoms with Crippen LogP contribution in [0.15, 0.2) is 18.2 Å². The quantitative estimate of drug-likeness (QED) is 0.846. The average molecular weight is 235 g/mol. The Kier molecular flexibility index (Phi) is 3.94. The van der Waals surface area contributed by atoms with Gasteiger partial charge in [-0.15, -0.1) is 0 Å². The van der Waals surface area contributed by atoms with Gasteiger partial charge in [-0.05, 0) is 29.0 Å². The van der Waals surface area contributed by atoms with Crippen molar-refractivity contribution in [3.8, 4) is 0 Å². The molecule has 0 amide bonds. The Morgan fingerprint density at radius 3 is 2.41 bits per heavy atom. The highest BCUT2D eigenvalue weighted by atomic mass is 16.4. The minimum atomic E-state index is -0.883. The average Bonchev–Trinajstić information content (AvgIpc) is 2.25. The van der Waals surface area contributed by atoms with E-state index in [2.05, 4.69) is 0 Å². The molecule has 0 saturated heterocycles. The second kappa shape index (κ2) is 4.88. The summed E-state index contributed by atoms with van der Waals surface area (Å²) in [4.78, 5) is 11.2. The second-order valence-corrected chi connectivity index (χ2v) is 5.37. The maximum Gasteiger partial charge on any atom is 0.335 e. The van der Waals surface area contributed by atoms with Crippen molar-refractivity contribution in [2.75, 3.05) is 0 Å². The summed E-state index contributed by atoms with van der Waals surface area (Å²) in [6, 6.07) is 5.37. The molecule has 0 aliphatic rings. The molecule has 0 saturated carbocycles. The molecule has 1 atom stereocenters. The lowest BCUT2D eigenvalue weighted by Crippen LogP contribution is -2.19. The van der Waals surface area contributed by atoms with Gasteiger partial charge in [0.05, 0.1) is 5.56 Å². The summed E-state index contributed by atoms with van der Waals surface area (Å²) < 4.78 is 0. The Balaban J connectivity index is 3.35. The zero-order chi connectivity index (χ0) is 13.2. The molecule has 3 N–H and O–H groups in total. The number of nitrogens with two attached hydrogens (primary N) is 1. The van der Waals surface area contributed by atoms with Crippen LogP contribution >= 0.6 is 0 Å². The standard InChI is InChI=1S/C14H21NO2/c1-5-12(15)9-6-7-10(13(16)17)11(8-9)14(2,3)4/h6-8,12H,5,15H2,1-4H3,(H,16,17)/t12-/m1/s1. The molecule has 0 aromatic heterocycles. The van der Waals surface area contributed by atoms with E-state index in [1.807, 2.05) is 39.8 Å². The third-order valence-electron chi connectivity index (χ3n) is 2.95. The Hall–Kier alpha value is -1.35. The van der Waals surface area contributed by atoms with Gasteiger partial charge in [-0.3, -0.25) is 0 Å². The van der Waals surface area contributed by atoms with Crippen molar-refractivity contribution >= 4 is 5.97 Å². The molecule has 1 aromatic carbocycles. The number of aromatic carboxylic acids is 1. The number of carboxylic acid groups (broad SMARTS) is 1. The number of rotatable bonds is 3. The summed E-state index contributed by atoms with van der Waals surface area (Å²) in [5.74, 6) is -0.883. The molecule has 0 aliphatic carbocycles. The van der Waals surface area contributed by atoms with Crippen LogP contribution < -0.4 is 5.73 Å². The molecular formula is C14H21NO2. The van der Waals surface area contributed by atoms with Crippen LogP contribution in [-0.2, 0) is 5.41 Å². The number of carboxylic acids is 1. The smallest absolute Gasteiger partial charge is 0.335 e. The first-order chi connectivity index (χ1) is 7.77. The summed E-state index contributed by atoms with van der Waals surface area (Å²) in [7, 11) is 0. The first-order valence-electron chi connectivity index (χ1n) is 5.90. The molecule has 0 radical (unpaired) electrons. The summed E-state index contributed by atoms with van der Waals surface area (Å²) in [6.07, 6.45) is 0.843. The van der Waals surface area contributed by atoms with E-state index in [-0.39, 0.29) is 11.5 Å². The number of carbonyl (C=O) groups is 1. The fourth-order valence-corrected chi connectivity index (χ4v) is 1.84. The molecule has 1 rings (SSSR count). The lowest BCUT2D eigenvalue weighted by molar-refractivity contribution is 0.0694. The zero-order valence-electron chi connectivity index (χ0n) is 10.9. The van der Waals surface area contributed by atoms with Crippen LogP contribution in [0, 0.1) is 0 Å². The maximum absolute atomic E-state index is 11.2. The van der Waals surface area contributed by atoms with E-state index in [9.17, 15) is 9.90 Å². The molecule has 0 bridgehead atoms. The van der Waals surface area contributed by atoms with Crippen molar-refractivity contribution in [3.63, 3.8) is 0 Å². The van der Waals surface area contributed by atoms with Gasteiger partial charge in [-0.1, -0.05) is 39.8 Å². The minimum Gasteiger partial charge on any atom is -0.478 e. The third-order valence-corrected chi connectivity index (χ3v) is 2.95. The van der Waals surface area contributed by atoms with Crippen molar-refractivity contribution < 1.29 is 9.90 Å². The van der Waals surface area contributed by atoms with Crippen molar-refractivity contribution in [2.24, 2.45) is 5.73 Å². The molecule has 1 aromatic rings. The highest BCUT2D eigenvalue weighted by Gasteiger charge is 2.22. The highest BCUT2D eigenvalue weighted by molar-refractivity contribution is 5.90. The molecule has 0 spiro atoms. The number of benzene rings is 1. The normalized spacial score (nSPS) is 13.5. The van der Waals surface area contributed by atoms with E-state index in [1.54, 1.807) is 6.07 Å². The highest BCUT2D eigenvalue weighted by Crippen LogP contribution is 2.29. The van der Waals surface area contributed by atoms with Crippen LogP contribution in [0.4, 0.5) is 0 Å². The van der Waals surface area contributed by atoms with E-state index < -0.39 is 5.97 Å². The monoisotopic (exact) mass is 235 g/mol. The minimum absolute atomic E-state index is 0.0288. The van der Waals surface area contributed by atoms with Crippen molar-refractivity contribution in [3.05, 3.63) is 34.9 Å². The van der Waals surface area contributed by atoms with E-state index in [0.29, 0.717) is 5.56 Å². The summed E-state index contributed by atoms with van der Waals surface area (Å²) in [5.41, 5.74) is 7.99. The zero-order valence-corrected chi connectivity index (χ0v) is 10.9. The van der Waals surface area contributed by atoms with Crippen LogP contribution in [0.5, 0.6) is 0 Å². The predicted octanol–water partition coefficient (Wildman–Crippen LogP) is 3.09. The molecule has 0 unspecified atom stereocenters. The third kappa shape index (κ3) is 3.07. The van der Waals surface area contributed by atoms with Crippen LogP contribution in [0.1, 0.15) is 61.6 Å². The van der Waals surface area contributed by atoms with Gasteiger partial charge in [0.15, 0.2) is 0 Å². The predicted molar refractivity (Wildman–Crippen MR) is 69.3 cm³/mol. The van der Waals surface area contributed by atoms with E-state index >= 15 is 0 Å². The first-order valence-corrected chi connectivity index (χ1v) is 5.90. The molecule has 17 heavy (non-hydrogen) atoms. The van der Waals surface area contributed by atoms with Crippen LogP contribution in [-0.4, -0.2) is 11.1 Å². The lowest BCUT2D eigenvalue weighted by atomic mass is 9.82. The SMILES string of the molecule is CC[C@@H](N)c1ccc(C(=O)O)c(C(C)(C)C)c1. The van der Waals surface area contributed by atoms with Crippen LogP contribution in [0.3, 0.4) is 0 Å². The van der Waals surface area contributed by atoms with Gasteiger partial charge in [0, 0.05) is 6.04 Å². The fourth-order valence-electron chi connectivity index (χ4n) is 1.84. The lowest BCUT2D eigenvalue weighted by Gasteiger charge is -2.23. The van der Waals surface area contributed by atoms with E-state index in [1.165, 1.54) is 0 Å².